The maximum atomic E-state index is 11.0. The fraction of sp³-hybridized carbons (Fsp3) is 0.625. The van der Waals surface area contributed by atoms with Crippen molar-refractivity contribution in [1.82, 2.24) is 0 Å². The van der Waals surface area contributed by atoms with Gasteiger partial charge in [-0.2, -0.15) is 0 Å². The number of carbonyl (C=O) groups excluding carboxylic acids is 1. The van der Waals surface area contributed by atoms with Crippen LogP contribution in [0, 0.1) is 0 Å². The Kier molecular flexibility index (Phi) is 1.66. The maximum Gasteiger partial charge on any atom is 0.333 e. The van der Waals surface area contributed by atoms with E-state index in [1.807, 2.05) is 0 Å². The fourth-order valence-electron chi connectivity index (χ4n) is 1.49. The van der Waals surface area contributed by atoms with E-state index in [2.05, 4.69) is 4.74 Å². The lowest BCUT2D eigenvalue weighted by atomic mass is 9.98. The van der Waals surface area contributed by atoms with Gasteiger partial charge in [-0.05, 0) is 6.08 Å². The van der Waals surface area contributed by atoms with Crippen molar-refractivity contribution >= 4 is 5.97 Å². The number of aliphatic hydroxyl groups excluding tert-OH is 1. The Morgan fingerprint density at radius 3 is 3.17 bits per heavy atom. The van der Waals surface area contributed by atoms with Crippen molar-refractivity contribution in [3.8, 4) is 0 Å². The third-order valence-electron chi connectivity index (χ3n) is 2.20. The molecule has 4 heteroatoms. The van der Waals surface area contributed by atoms with Gasteiger partial charge in [0.05, 0.1) is 13.2 Å². The molecule has 0 aromatic carbocycles. The third-order valence-corrected chi connectivity index (χ3v) is 2.20. The van der Waals surface area contributed by atoms with E-state index >= 15 is 0 Å². The van der Waals surface area contributed by atoms with Crippen LogP contribution in [0.4, 0.5) is 0 Å². The summed E-state index contributed by atoms with van der Waals surface area (Å²) in [5.41, 5.74) is 0.517. The zero-order valence-corrected chi connectivity index (χ0v) is 6.69. The van der Waals surface area contributed by atoms with Crippen molar-refractivity contribution in [3.63, 3.8) is 0 Å². The predicted molar refractivity (Wildman–Crippen MR) is 39.4 cm³/mol. The standard InChI is InChI=1S/C8H10O4/c1-11-8(10)4-2-5(9)7-6(3-4)12-7/h2,5-7,9H,3H2,1H3/t5-,6-,7-/m1/s1. The molecule has 0 amide bonds. The van der Waals surface area contributed by atoms with Crippen molar-refractivity contribution in [1.29, 1.82) is 0 Å². The molecule has 0 bridgehead atoms. The van der Waals surface area contributed by atoms with Crippen molar-refractivity contribution < 1.29 is 19.4 Å². The molecule has 12 heavy (non-hydrogen) atoms. The SMILES string of the molecule is COC(=O)C1=C[C@@H](O)[C@H]2O[C@@H]2C1. The minimum Gasteiger partial charge on any atom is -0.466 e. The Balaban J connectivity index is 2.11. The first kappa shape index (κ1) is 7.76. The number of aliphatic hydroxyl groups is 1. The zero-order valence-electron chi connectivity index (χ0n) is 6.69. The van der Waals surface area contributed by atoms with E-state index in [0.717, 1.165) is 0 Å². The van der Waals surface area contributed by atoms with Crippen LogP contribution in [0.2, 0.25) is 0 Å². The van der Waals surface area contributed by atoms with Crippen LogP contribution in [-0.4, -0.2) is 36.5 Å². The average Bonchev–Trinajstić information content (AvgIpc) is 2.82. The van der Waals surface area contributed by atoms with Gasteiger partial charge >= 0.3 is 5.97 Å². The lowest BCUT2D eigenvalue weighted by Crippen LogP contribution is -2.22. The van der Waals surface area contributed by atoms with Gasteiger partial charge in [0.1, 0.15) is 12.2 Å². The molecule has 2 aliphatic rings. The smallest absolute Gasteiger partial charge is 0.333 e. The molecule has 1 aliphatic carbocycles. The molecule has 0 saturated carbocycles. The first-order chi connectivity index (χ1) is 5.72. The normalized spacial score (nSPS) is 38.2. The molecule has 1 aliphatic heterocycles. The first-order valence-electron chi connectivity index (χ1n) is 3.85. The van der Waals surface area contributed by atoms with E-state index in [0.29, 0.717) is 12.0 Å². The molecule has 0 aromatic heterocycles. The van der Waals surface area contributed by atoms with Crippen molar-refractivity contribution in [3.05, 3.63) is 11.6 Å². The van der Waals surface area contributed by atoms with Gasteiger partial charge in [0.2, 0.25) is 0 Å². The number of rotatable bonds is 1. The topological polar surface area (TPSA) is 59.1 Å². The highest BCUT2D eigenvalue weighted by Crippen LogP contribution is 2.36. The second-order valence-corrected chi connectivity index (χ2v) is 3.02. The van der Waals surface area contributed by atoms with Gasteiger partial charge in [0.15, 0.2) is 0 Å². The molecule has 1 heterocycles. The van der Waals surface area contributed by atoms with Gasteiger partial charge < -0.3 is 14.6 Å². The van der Waals surface area contributed by atoms with E-state index in [4.69, 9.17) is 4.74 Å². The molecular formula is C8H10O4. The van der Waals surface area contributed by atoms with Gasteiger partial charge in [0, 0.05) is 12.0 Å². The highest BCUT2D eigenvalue weighted by molar-refractivity contribution is 5.88. The van der Waals surface area contributed by atoms with E-state index in [1.165, 1.54) is 13.2 Å². The Morgan fingerprint density at radius 1 is 1.83 bits per heavy atom. The fourth-order valence-corrected chi connectivity index (χ4v) is 1.49. The summed E-state index contributed by atoms with van der Waals surface area (Å²) in [5.74, 6) is -0.372. The monoisotopic (exact) mass is 170 g/mol. The Labute approximate surface area is 69.8 Å². The number of hydrogen-bond acceptors (Lipinski definition) is 4. The zero-order chi connectivity index (χ0) is 8.72. The number of ether oxygens (including phenoxy) is 2. The molecule has 1 N–H and O–H groups in total. The lowest BCUT2D eigenvalue weighted by Gasteiger charge is -2.10. The summed E-state index contributed by atoms with van der Waals surface area (Å²) in [4.78, 5) is 11.0. The number of carbonyl (C=O) groups is 1. The molecular weight excluding hydrogens is 160 g/mol. The minimum absolute atomic E-state index is 0.0269. The average molecular weight is 170 g/mol. The van der Waals surface area contributed by atoms with Gasteiger partial charge in [-0.1, -0.05) is 0 Å². The summed E-state index contributed by atoms with van der Waals surface area (Å²) in [6.07, 6.45) is 1.38. The number of esters is 1. The summed E-state index contributed by atoms with van der Waals surface area (Å²) in [6, 6.07) is 0. The molecule has 2 rings (SSSR count). The number of hydrogen-bond donors (Lipinski definition) is 1. The molecule has 3 atom stereocenters. The van der Waals surface area contributed by atoms with Crippen LogP contribution in [0.15, 0.2) is 11.6 Å². The number of methoxy groups -OCH3 is 1. The molecule has 0 spiro atoms. The lowest BCUT2D eigenvalue weighted by molar-refractivity contribution is -0.136. The van der Waals surface area contributed by atoms with Gasteiger partial charge in [-0.25, -0.2) is 4.79 Å². The molecule has 0 radical (unpaired) electrons. The van der Waals surface area contributed by atoms with Gasteiger partial charge in [-0.15, -0.1) is 0 Å². The highest BCUT2D eigenvalue weighted by Gasteiger charge is 2.47. The number of fused-ring (bicyclic) bond motifs is 1. The Morgan fingerprint density at radius 2 is 2.58 bits per heavy atom. The molecule has 1 fully saturated rings. The summed E-state index contributed by atoms with van der Waals surface area (Å²) >= 11 is 0. The summed E-state index contributed by atoms with van der Waals surface area (Å²) in [5, 5.41) is 9.33. The second kappa shape index (κ2) is 2.57. The second-order valence-electron chi connectivity index (χ2n) is 3.02. The van der Waals surface area contributed by atoms with E-state index in [9.17, 15) is 9.90 Å². The van der Waals surface area contributed by atoms with Crippen LogP contribution in [0.1, 0.15) is 6.42 Å². The van der Waals surface area contributed by atoms with Crippen LogP contribution >= 0.6 is 0 Å². The van der Waals surface area contributed by atoms with E-state index in [-0.39, 0.29) is 18.2 Å². The first-order valence-corrected chi connectivity index (χ1v) is 3.85. The van der Waals surface area contributed by atoms with Gasteiger partial charge in [-0.3, -0.25) is 0 Å². The van der Waals surface area contributed by atoms with Crippen LogP contribution in [0.25, 0.3) is 0 Å². The van der Waals surface area contributed by atoms with Crippen LogP contribution < -0.4 is 0 Å². The van der Waals surface area contributed by atoms with Crippen LogP contribution in [0.5, 0.6) is 0 Å². The number of epoxide rings is 1. The largest absolute Gasteiger partial charge is 0.466 e. The van der Waals surface area contributed by atoms with E-state index < -0.39 is 6.10 Å². The molecule has 0 aromatic rings. The summed E-state index contributed by atoms with van der Waals surface area (Å²) in [6.45, 7) is 0. The van der Waals surface area contributed by atoms with Crippen molar-refractivity contribution in [2.45, 2.75) is 24.7 Å². The molecule has 1 saturated heterocycles. The third kappa shape index (κ3) is 1.13. The quantitative estimate of drug-likeness (QED) is 0.430. The Hall–Kier alpha value is -0.870. The van der Waals surface area contributed by atoms with Crippen LogP contribution in [0.3, 0.4) is 0 Å². The minimum atomic E-state index is -0.641. The van der Waals surface area contributed by atoms with Gasteiger partial charge in [0.25, 0.3) is 0 Å². The molecule has 4 nitrogen and oxygen atoms in total. The predicted octanol–water partition coefficient (Wildman–Crippen LogP) is -0.382. The highest BCUT2D eigenvalue weighted by atomic mass is 16.6. The van der Waals surface area contributed by atoms with Crippen molar-refractivity contribution in [2.24, 2.45) is 0 Å². The maximum absolute atomic E-state index is 11.0. The Bertz CT molecular complexity index is 245. The molecule has 0 unspecified atom stereocenters. The summed E-state index contributed by atoms with van der Waals surface area (Å²) < 4.78 is 9.64. The summed E-state index contributed by atoms with van der Waals surface area (Å²) in [7, 11) is 1.33. The molecule has 66 valence electrons. The van der Waals surface area contributed by atoms with E-state index in [1.54, 1.807) is 0 Å². The van der Waals surface area contributed by atoms with Crippen LogP contribution in [-0.2, 0) is 14.3 Å². The van der Waals surface area contributed by atoms with Crippen molar-refractivity contribution in [2.75, 3.05) is 7.11 Å².